The van der Waals surface area contributed by atoms with Crippen LogP contribution in [0.3, 0.4) is 0 Å². The van der Waals surface area contributed by atoms with Gasteiger partial charge in [-0.25, -0.2) is 0 Å². The van der Waals surface area contributed by atoms with E-state index in [2.05, 4.69) is 6.92 Å². The van der Waals surface area contributed by atoms with Gasteiger partial charge in [-0.2, -0.15) is 0 Å². The molecule has 1 fully saturated rings. The zero-order valence-electron chi connectivity index (χ0n) is 12.6. The van der Waals surface area contributed by atoms with Crippen molar-refractivity contribution in [2.75, 3.05) is 19.9 Å². The fourth-order valence-corrected chi connectivity index (χ4v) is 2.88. The molecule has 4 heteroatoms. The maximum absolute atomic E-state index is 12.6. The standard InChI is InChI=1S/C16H24N2O2/c1-11-4-7-13(8-5-11)18(2)16(19)14-10-12(17)6-9-15(14)20-3/h6,9-11,13H,4-5,7-8,17H2,1-3H3. The van der Waals surface area contributed by atoms with E-state index in [4.69, 9.17) is 10.5 Å². The maximum atomic E-state index is 12.6. The number of benzene rings is 1. The number of nitrogens with zero attached hydrogens (tertiary/aromatic N) is 1. The Morgan fingerprint density at radius 3 is 2.55 bits per heavy atom. The van der Waals surface area contributed by atoms with Crippen molar-refractivity contribution in [3.05, 3.63) is 23.8 Å². The number of carbonyl (C=O) groups excluding carboxylic acids is 1. The summed E-state index contributed by atoms with van der Waals surface area (Å²) in [6, 6.07) is 5.52. The van der Waals surface area contributed by atoms with Crippen molar-refractivity contribution in [1.29, 1.82) is 0 Å². The van der Waals surface area contributed by atoms with Crippen molar-refractivity contribution in [1.82, 2.24) is 4.90 Å². The van der Waals surface area contributed by atoms with Crippen molar-refractivity contribution in [2.24, 2.45) is 5.92 Å². The van der Waals surface area contributed by atoms with Gasteiger partial charge in [-0.05, 0) is 49.8 Å². The minimum absolute atomic E-state index is 0.00583. The molecule has 0 aromatic heterocycles. The third-order valence-corrected chi connectivity index (χ3v) is 4.31. The molecule has 2 N–H and O–H groups in total. The predicted molar refractivity (Wildman–Crippen MR) is 80.9 cm³/mol. The summed E-state index contributed by atoms with van der Waals surface area (Å²) in [5.41, 5.74) is 6.92. The van der Waals surface area contributed by atoms with E-state index in [9.17, 15) is 4.79 Å². The molecular formula is C16H24N2O2. The van der Waals surface area contributed by atoms with E-state index in [1.165, 1.54) is 12.8 Å². The largest absolute Gasteiger partial charge is 0.496 e. The first kappa shape index (κ1) is 14.7. The van der Waals surface area contributed by atoms with E-state index in [-0.39, 0.29) is 5.91 Å². The van der Waals surface area contributed by atoms with Crippen LogP contribution in [-0.2, 0) is 0 Å². The number of nitrogen functional groups attached to an aromatic ring is 1. The van der Waals surface area contributed by atoms with Gasteiger partial charge in [-0.15, -0.1) is 0 Å². The molecular weight excluding hydrogens is 252 g/mol. The second-order valence-electron chi connectivity index (χ2n) is 5.79. The second-order valence-corrected chi connectivity index (χ2v) is 5.79. The molecule has 20 heavy (non-hydrogen) atoms. The van der Waals surface area contributed by atoms with Gasteiger partial charge in [0.1, 0.15) is 5.75 Å². The molecule has 1 saturated carbocycles. The lowest BCUT2D eigenvalue weighted by Gasteiger charge is -2.33. The van der Waals surface area contributed by atoms with Crippen LogP contribution < -0.4 is 10.5 Å². The summed E-state index contributed by atoms with van der Waals surface area (Å²) in [5, 5.41) is 0. The molecule has 1 aromatic rings. The Hall–Kier alpha value is -1.71. The van der Waals surface area contributed by atoms with E-state index >= 15 is 0 Å². The summed E-state index contributed by atoms with van der Waals surface area (Å²) in [5.74, 6) is 1.35. The predicted octanol–water partition coefficient (Wildman–Crippen LogP) is 2.93. The number of hydrogen-bond donors (Lipinski definition) is 1. The second kappa shape index (κ2) is 6.16. The normalized spacial score (nSPS) is 22.4. The molecule has 110 valence electrons. The zero-order valence-corrected chi connectivity index (χ0v) is 12.6. The minimum Gasteiger partial charge on any atom is -0.496 e. The summed E-state index contributed by atoms with van der Waals surface area (Å²) < 4.78 is 5.27. The molecule has 1 aromatic carbocycles. The lowest BCUT2D eigenvalue weighted by molar-refractivity contribution is 0.0676. The highest BCUT2D eigenvalue weighted by atomic mass is 16.5. The molecule has 1 aliphatic carbocycles. The molecule has 1 aliphatic rings. The van der Waals surface area contributed by atoms with Crippen LogP contribution in [0.5, 0.6) is 5.75 Å². The first-order valence-electron chi connectivity index (χ1n) is 7.23. The number of nitrogens with two attached hydrogens (primary N) is 1. The highest BCUT2D eigenvalue weighted by molar-refractivity contribution is 5.97. The van der Waals surface area contributed by atoms with Crippen LogP contribution >= 0.6 is 0 Å². The van der Waals surface area contributed by atoms with E-state index < -0.39 is 0 Å². The summed E-state index contributed by atoms with van der Waals surface area (Å²) in [4.78, 5) is 14.5. The molecule has 0 bridgehead atoms. The van der Waals surface area contributed by atoms with Gasteiger partial charge in [0.2, 0.25) is 0 Å². The van der Waals surface area contributed by atoms with Crippen LogP contribution in [-0.4, -0.2) is 31.0 Å². The molecule has 2 rings (SSSR count). The molecule has 0 spiro atoms. The Morgan fingerprint density at radius 2 is 1.95 bits per heavy atom. The van der Waals surface area contributed by atoms with E-state index in [0.717, 1.165) is 18.8 Å². The van der Waals surface area contributed by atoms with Crippen LogP contribution in [0.25, 0.3) is 0 Å². The highest BCUT2D eigenvalue weighted by Gasteiger charge is 2.26. The number of anilines is 1. The summed E-state index contributed by atoms with van der Waals surface area (Å²) in [7, 11) is 3.45. The van der Waals surface area contributed by atoms with Gasteiger partial charge >= 0.3 is 0 Å². The molecule has 4 nitrogen and oxygen atoms in total. The number of methoxy groups -OCH3 is 1. The van der Waals surface area contributed by atoms with Crippen LogP contribution in [0.4, 0.5) is 5.69 Å². The molecule has 0 unspecified atom stereocenters. The fourth-order valence-electron chi connectivity index (χ4n) is 2.88. The number of hydrogen-bond acceptors (Lipinski definition) is 3. The third-order valence-electron chi connectivity index (χ3n) is 4.31. The van der Waals surface area contributed by atoms with Crippen LogP contribution in [0.1, 0.15) is 43.0 Å². The van der Waals surface area contributed by atoms with Crippen molar-refractivity contribution in [3.8, 4) is 5.75 Å². The van der Waals surface area contributed by atoms with E-state index in [1.54, 1.807) is 25.3 Å². The van der Waals surface area contributed by atoms with Gasteiger partial charge in [0.15, 0.2) is 0 Å². The number of ether oxygens (including phenoxy) is 1. The van der Waals surface area contributed by atoms with Crippen LogP contribution in [0, 0.1) is 5.92 Å². The van der Waals surface area contributed by atoms with Gasteiger partial charge in [0.25, 0.3) is 5.91 Å². The lowest BCUT2D eigenvalue weighted by Crippen LogP contribution is -2.39. The monoisotopic (exact) mass is 276 g/mol. The topological polar surface area (TPSA) is 55.6 Å². The Kier molecular flexibility index (Phi) is 4.53. The number of amides is 1. The van der Waals surface area contributed by atoms with Gasteiger partial charge in [-0.1, -0.05) is 6.92 Å². The quantitative estimate of drug-likeness (QED) is 0.864. The van der Waals surface area contributed by atoms with Crippen molar-refractivity contribution >= 4 is 11.6 Å². The average molecular weight is 276 g/mol. The van der Waals surface area contributed by atoms with Gasteiger partial charge in [0.05, 0.1) is 12.7 Å². The van der Waals surface area contributed by atoms with Gasteiger partial charge in [0, 0.05) is 18.8 Å². The Labute approximate surface area is 120 Å². The number of rotatable bonds is 3. The van der Waals surface area contributed by atoms with Crippen LogP contribution in [0.2, 0.25) is 0 Å². The average Bonchev–Trinajstić information content (AvgIpc) is 2.46. The van der Waals surface area contributed by atoms with Gasteiger partial charge in [-0.3, -0.25) is 4.79 Å². The lowest BCUT2D eigenvalue weighted by atomic mass is 9.86. The summed E-state index contributed by atoms with van der Waals surface area (Å²) in [6.07, 6.45) is 4.54. The first-order valence-corrected chi connectivity index (χ1v) is 7.23. The van der Waals surface area contributed by atoms with Crippen molar-refractivity contribution in [2.45, 2.75) is 38.6 Å². The summed E-state index contributed by atoms with van der Waals surface area (Å²) >= 11 is 0. The van der Waals surface area contributed by atoms with E-state index in [1.807, 2.05) is 11.9 Å². The number of carbonyl (C=O) groups is 1. The first-order chi connectivity index (χ1) is 9.52. The smallest absolute Gasteiger partial charge is 0.257 e. The highest BCUT2D eigenvalue weighted by Crippen LogP contribution is 2.29. The molecule has 0 atom stereocenters. The van der Waals surface area contributed by atoms with Crippen molar-refractivity contribution < 1.29 is 9.53 Å². The maximum Gasteiger partial charge on any atom is 0.257 e. The SMILES string of the molecule is COc1ccc(N)cc1C(=O)N(C)C1CCC(C)CC1. The molecule has 0 aliphatic heterocycles. The molecule has 0 radical (unpaired) electrons. The minimum atomic E-state index is -0.00583. The molecule has 0 saturated heterocycles. The molecule has 0 heterocycles. The van der Waals surface area contributed by atoms with E-state index in [0.29, 0.717) is 23.0 Å². The van der Waals surface area contributed by atoms with Crippen LogP contribution in [0.15, 0.2) is 18.2 Å². The fraction of sp³-hybridized carbons (Fsp3) is 0.562. The zero-order chi connectivity index (χ0) is 14.7. The Morgan fingerprint density at radius 1 is 1.30 bits per heavy atom. The molecule has 1 amide bonds. The Bertz CT molecular complexity index is 479. The Balaban J connectivity index is 2.16. The summed E-state index contributed by atoms with van der Waals surface area (Å²) in [6.45, 7) is 2.28. The van der Waals surface area contributed by atoms with Crippen molar-refractivity contribution in [3.63, 3.8) is 0 Å². The van der Waals surface area contributed by atoms with Gasteiger partial charge < -0.3 is 15.4 Å². The third kappa shape index (κ3) is 3.06.